The van der Waals surface area contributed by atoms with Gasteiger partial charge in [-0.2, -0.15) is 0 Å². The fraction of sp³-hybridized carbons (Fsp3) is 0.857. The van der Waals surface area contributed by atoms with Crippen molar-refractivity contribution in [2.24, 2.45) is 0 Å². The molecule has 0 radical (unpaired) electrons. The summed E-state index contributed by atoms with van der Waals surface area (Å²) in [4.78, 5) is 10.2. The van der Waals surface area contributed by atoms with Crippen LogP contribution in [0.1, 0.15) is 20.8 Å². The van der Waals surface area contributed by atoms with Crippen molar-refractivity contribution in [3.05, 3.63) is 0 Å². The van der Waals surface area contributed by atoms with Crippen molar-refractivity contribution in [1.82, 2.24) is 10.6 Å². The van der Waals surface area contributed by atoms with E-state index >= 15 is 0 Å². The van der Waals surface area contributed by atoms with Crippen LogP contribution in [0.25, 0.3) is 0 Å². The highest BCUT2D eigenvalue weighted by Gasteiger charge is 1.85. The largest absolute Gasteiger partial charge is 0.355 e. The number of nitrogens with one attached hydrogen (secondary N) is 2. The Kier molecular flexibility index (Phi) is 13.7. The average molecular weight is 146 g/mol. The Balaban J connectivity index is 0. The lowest BCUT2D eigenvalue weighted by Gasteiger charge is -1.97. The van der Waals surface area contributed by atoms with E-state index in [1.807, 2.05) is 20.9 Å². The molecular weight excluding hydrogens is 128 g/mol. The van der Waals surface area contributed by atoms with E-state index in [1.165, 1.54) is 6.92 Å². The molecule has 0 unspecified atom stereocenters. The lowest BCUT2D eigenvalue weighted by atomic mass is 10.6. The van der Waals surface area contributed by atoms with Crippen LogP contribution in [0.3, 0.4) is 0 Å². The van der Waals surface area contributed by atoms with Gasteiger partial charge in [0.05, 0.1) is 0 Å². The summed E-state index contributed by atoms with van der Waals surface area (Å²) in [5.41, 5.74) is 0. The van der Waals surface area contributed by atoms with Crippen molar-refractivity contribution in [2.45, 2.75) is 20.8 Å². The Morgan fingerprint density at radius 1 is 1.30 bits per heavy atom. The van der Waals surface area contributed by atoms with Gasteiger partial charge in [-0.1, -0.05) is 13.8 Å². The number of hydrogen-bond acceptors (Lipinski definition) is 2. The van der Waals surface area contributed by atoms with Crippen LogP contribution in [0, 0.1) is 0 Å². The monoisotopic (exact) mass is 146 g/mol. The van der Waals surface area contributed by atoms with Gasteiger partial charge in [0.2, 0.25) is 5.91 Å². The first-order chi connectivity index (χ1) is 4.77. The molecule has 0 aliphatic carbocycles. The van der Waals surface area contributed by atoms with Crippen LogP contribution in [-0.4, -0.2) is 26.0 Å². The summed E-state index contributed by atoms with van der Waals surface area (Å²) in [6.07, 6.45) is 0. The summed E-state index contributed by atoms with van der Waals surface area (Å²) in [6.45, 7) is 7.06. The average Bonchev–Trinajstić information content (AvgIpc) is 1.92. The number of amides is 1. The normalized spacial score (nSPS) is 7.60. The molecule has 1 amide bonds. The predicted molar refractivity (Wildman–Crippen MR) is 44.0 cm³/mol. The van der Waals surface area contributed by atoms with E-state index in [0.29, 0.717) is 6.54 Å². The molecule has 0 aromatic heterocycles. The molecule has 0 aromatic rings. The summed E-state index contributed by atoms with van der Waals surface area (Å²) in [7, 11) is 1.85. The molecular formula is C7H18N2O. The molecule has 62 valence electrons. The Labute approximate surface area is 63.2 Å². The van der Waals surface area contributed by atoms with E-state index in [-0.39, 0.29) is 5.91 Å². The van der Waals surface area contributed by atoms with Crippen LogP contribution >= 0.6 is 0 Å². The van der Waals surface area contributed by atoms with Gasteiger partial charge in [-0.15, -0.1) is 0 Å². The first-order valence-electron chi connectivity index (χ1n) is 3.66. The molecule has 3 heteroatoms. The van der Waals surface area contributed by atoms with Gasteiger partial charge in [0, 0.05) is 20.0 Å². The maximum absolute atomic E-state index is 10.2. The van der Waals surface area contributed by atoms with E-state index in [1.54, 1.807) is 0 Å². The SMILES string of the molecule is CC.CNCCNC(C)=O. The van der Waals surface area contributed by atoms with Crippen LogP contribution in [-0.2, 0) is 4.79 Å². The molecule has 0 bridgehead atoms. The number of likely N-dealkylation sites (N-methyl/N-ethyl adjacent to an activating group) is 1. The molecule has 0 aliphatic rings. The molecule has 3 nitrogen and oxygen atoms in total. The van der Waals surface area contributed by atoms with Gasteiger partial charge in [-0.3, -0.25) is 4.79 Å². The molecule has 0 saturated carbocycles. The fourth-order valence-electron chi connectivity index (χ4n) is 0.364. The molecule has 0 heterocycles. The zero-order chi connectivity index (χ0) is 8.41. The maximum Gasteiger partial charge on any atom is 0.216 e. The van der Waals surface area contributed by atoms with E-state index in [4.69, 9.17) is 0 Å². The molecule has 0 rings (SSSR count). The summed E-state index contributed by atoms with van der Waals surface area (Å²) in [6, 6.07) is 0. The molecule has 0 fully saturated rings. The number of carbonyl (C=O) groups is 1. The second kappa shape index (κ2) is 11.3. The van der Waals surface area contributed by atoms with Gasteiger partial charge < -0.3 is 10.6 Å². The third kappa shape index (κ3) is 15.7. The smallest absolute Gasteiger partial charge is 0.216 e. The quantitative estimate of drug-likeness (QED) is 0.565. The van der Waals surface area contributed by atoms with Crippen LogP contribution in [0.15, 0.2) is 0 Å². The second-order valence-electron chi connectivity index (χ2n) is 1.59. The molecule has 0 atom stereocenters. The van der Waals surface area contributed by atoms with Gasteiger partial charge in [-0.05, 0) is 7.05 Å². The molecule has 0 spiro atoms. The lowest BCUT2D eigenvalue weighted by Crippen LogP contribution is -2.28. The van der Waals surface area contributed by atoms with Crippen LogP contribution < -0.4 is 10.6 Å². The summed E-state index contributed by atoms with van der Waals surface area (Å²) >= 11 is 0. The third-order valence-electron chi connectivity index (χ3n) is 0.749. The molecule has 0 aliphatic heterocycles. The Bertz CT molecular complexity index is 74.0. The highest BCUT2D eigenvalue weighted by Crippen LogP contribution is 1.57. The maximum atomic E-state index is 10.2. The fourth-order valence-corrected chi connectivity index (χ4v) is 0.364. The highest BCUT2D eigenvalue weighted by molar-refractivity contribution is 5.72. The molecule has 2 N–H and O–H groups in total. The zero-order valence-corrected chi connectivity index (χ0v) is 7.32. The van der Waals surface area contributed by atoms with Crippen LogP contribution in [0.2, 0.25) is 0 Å². The van der Waals surface area contributed by atoms with E-state index in [2.05, 4.69) is 10.6 Å². The summed E-state index contributed by atoms with van der Waals surface area (Å²) in [5, 5.41) is 5.55. The molecule has 0 saturated heterocycles. The van der Waals surface area contributed by atoms with Crippen molar-refractivity contribution in [2.75, 3.05) is 20.1 Å². The Morgan fingerprint density at radius 3 is 2.10 bits per heavy atom. The zero-order valence-electron chi connectivity index (χ0n) is 7.32. The Hall–Kier alpha value is -0.570. The van der Waals surface area contributed by atoms with E-state index in [9.17, 15) is 4.79 Å². The predicted octanol–water partition coefficient (Wildman–Crippen LogP) is 0.368. The van der Waals surface area contributed by atoms with E-state index < -0.39 is 0 Å². The second-order valence-corrected chi connectivity index (χ2v) is 1.59. The summed E-state index contributed by atoms with van der Waals surface area (Å²) < 4.78 is 0. The number of carbonyl (C=O) groups excluding carboxylic acids is 1. The van der Waals surface area contributed by atoms with Gasteiger partial charge in [0.25, 0.3) is 0 Å². The number of rotatable bonds is 3. The van der Waals surface area contributed by atoms with Gasteiger partial charge >= 0.3 is 0 Å². The molecule has 10 heavy (non-hydrogen) atoms. The third-order valence-corrected chi connectivity index (χ3v) is 0.749. The Morgan fingerprint density at radius 2 is 1.80 bits per heavy atom. The first-order valence-corrected chi connectivity index (χ1v) is 3.66. The van der Waals surface area contributed by atoms with Crippen LogP contribution in [0.5, 0.6) is 0 Å². The number of hydrogen-bond donors (Lipinski definition) is 2. The lowest BCUT2D eigenvalue weighted by molar-refractivity contribution is -0.118. The topological polar surface area (TPSA) is 41.1 Å². The van der Waals surface area contributed by atoms with E-state index in [0.717, 1.165) is 6.54 Å². The van der Waals surface area contributed by atoms with Crippen molar-refractivity contribution in [3.63, 3.8) is 0 Å². The standard InChI is InChI=1S/C5H12N2O.C2H6/c1-5(8)7-4-3-6-2;1-2/h6H,3-4H2,1-2H3,(H,7,8);1-2H3. The first kappa shape index (κ1) is 12.1. The van der Waals surface area contributed by atoms with Crippen molar-refractivity contribution >= 4 is 5.91 Å². The van der Waals surface area contributed by atoms with Crippen LogP contribution in [0.4, 0.5) is 0 Å². The minimum atomic E-state index is 0.0280. The van der Waals surface area contributed by atoms with Crippen molar-refractivity contribution < 1.29 is 4.79 Å². The van der Waals surface area contributed by atoms with Gasteiger partial charge in [0.1, 0.15) is 0 Å². The van der Waals surface area contributed by atoms with Crippen molar-refractivity contribution in [3.8, 4) is 0 Å². The minimum absolute atomic E-state index is 0.0280. The van der Waals surface area contributed by atoms with Crippen molar-refractivity contribution in [1.29, 1.82) is 0 Å². The molecule has 0 aromatic carbocycles. The minimum Gasteiger partial charge on any atom is -0.355 e. The van der Waals surface area contributed by atoms with Gasteiger partial charge in [0.15, 0.2) is 0 Å². The van der Waals surface area contributed by atoms with Gasteiger partial charge in [-0.25, -0.2) is 0 Å². The highest BCUT2D eigenvalue weighted by atomic mass is 16.1. The summed E-state index contributed by atoms with van der Waals surface area (Å²) in [5.74, 6) is 0.0280.